The SMILES string of the molecule is CN1CCCC12CCC(=O)CC2.Cl. The number of Topliss-reactive ketones (excluding diaryl/α,β-unsaturated/α-hetero) is 1. The van der Waals surface area contributed by atoms with Crippen LogP contribution in [-0.4, -0.2) is 29.8 Å². The average molecular weight is 204 g/mol. The van der Waals surface area contributed by atoms with Crippen molar-refractivity contribution in [3.63, 3.8) is 0 Å². The molecule has 0 aromatic heterocycles. The summed E-state index contributed by atoms with van der Waals surface area (Å²) in [6.45, 7) is 1.23. The van der Waals surface area contributed by atoms with Crippen LogP contribution in [-0.2, 0) is 4.79 Å². The van der Waals surface area contributed by atoms with E-state index in [-0.39, 0.29) is 12.4 Å². The highest BCUT2D eigenvalue weighted by Crippen LogP contribution is 2.39. The molecule has 3 heteroatoms. The topological polar surface area (TPSA) is 20.3 Å². The Hall–Kier alpha value is -0.0800. The Bertz CT molecular complexity index is 195. The maximum absolute atomic E-state index is 11.1. The van der Waals surface area contributed by atoms with Gasteiger partial charge in [-0.2, -0.15) is 0 Å². The monoisotopic (exact) mass is 203 g/mol. The minimum Gasteiger partial charge on any atom is -0.301 e. The minimum atomic E-state index is 0. The quantitative estimate of drug-likeness (QED) is 0.601. The van der Waals surface area contributed by atoms with E-state index in [0.29, 0.717) is 11.3 Å². The third-order valence-corrected chi connectivity index (χ3v) is 3.68. The first-order valence-corrected chi connectivity index (χ1v) is 4.96. The Balaban J connectivity index is 0.000000845. The summed E-state index contributed by atoms with van der Waals surface area (Å²) in [7, 11) is 2.21. The molecule has 0 atom stereocenters. The summed E-state index contributed by atoms with van der Waals surface area (Å²) in [6, 6.07) is 0. The van der Waals surface area contributed by atoms with Gasteiger partial charge in [0.1, 0.15) is 5.78 Å². The second-order valence-corrected chi connectivity index (χ2v) is 4.29. The fourth-order valence-electron chi connectivity index (χ4n) is 2.70. The summed E-state index contributed by atoms with van der Waals surface area (Å²) in [5, 5.41) is 0. The summed E-state index contributed by atoms with van der Waals surface area (Å²) in [5.74, 6) is 0.473. The van der Waals surface area contributed by atoms with E-state index in [1.165, 1.54) is 19.4 Å². The lowest BCUT2D eigenvalue weighted by Gasteiger charge is -2.39. The predicted octanol–water partition coefficient (Wildman–Crippen LogP) is 2.02. The van der Waals surface area contributed by atoms with Crippen LogP contribution in [0.4, 0.5) is 0 Å². The molecule has 1 heterocycles. The number of carbonyl (C=O) groups is 1. The molecule has 2 rings (SSSR count). The normalized spacial score (nSPS) is 27.6. The van der Waals surface area contributed by atoms with Gasteiger partial charge in [-0.15, -0.1) is 12.4 Å². The predicted molar refractivity (Wildman–Crippen MR) is 55.3 cm³/mol. The number of nitrogens with zero attached hydrogens (tertiary/aromatic N) is 1. The van der Waals surface area contributed by atoms with E-state index in [1.54, 1.807) is 0 Å². The second kappa shape index (κ2) is 3.97. The largest absolute Gasteiger partial charge is 0.301 e. The van der Waals surface area contributed by atoms with E-state index in [0.717, 1.165) is 25.7 Å². The molecule has 0 amide bonds. The van der Waals surface area contributed by atoms with Crippen molar-refractivity contribution < 1.29 is 4.79 Å². The van der Waals surface area contributed by atoms with Gasteiger partial charge < -0.3 is 4.90 Å². The Morgan fingerprint density at radius 1 is 1.23 bits per heavy atom. The molecular formula is C10H18ClNO. The van der Waals surface area contributed by atoms with E-state index in [4.69, 9.17) is 0 Å². The van der Waals surface area contributed by atoms with E-state index >= 15 is 0 Å². The molecule has 0 bridgehead atoms. The maximum atomic E-state index is 11.1. The van der Waals surface area contributed by atoms with Crippen molar-refractivity contribution in [2.24, 2.45) is 0 Å². The molecule has 0 aromatic carbocycles. The zero-order chi connectivity index (χ0) is 8.60. The first-order valence-electron chi connectivity index (χ1n) is 4.96. The van der Waals surface area contributed by atoms with Crippen LogP contribution >= 0.6 is 12.4 Å². The van der Waals surface area contributed by atoms with Crippen LogP contribution in [0.3, 0.4) is 0 Å². The number of likely N-dealkylation sites (tertiary alicyclic amines) is 1. The number of halogens is 1. The van der Waals surface area contributed by atoms with Crippen molar-refractivity contribution in [2.75, 3.05) is 13.6 Å². The molecule has 13 heavy (non-hydrogen) atoms. The summed E-state index contributed by atoms with van der Waals surface area (Å²) >= 11 is 0. The third-order valence-electron chi connectivity index (χ3n) is 3.68. The minimum absolute atomic E-state index is 0. The highest BCUT2D eigenvalue weighted by Gasteiger charge is 2.40. The molecule has 1 aliphatic carbocycles. The molecular weight excluding hydrogens is 186 g/mol. The number of ketones is 1. The Morgan fingerprint density at radius 2 is 1.85 bits per heavy atom. The van der Waals surface area contributed by atoms with Crippen LogP contribution in [0.25, 0.3) is 0 Å². The van der Waals surface area contributed by atoms with Gasteiger partial charge in [0.15, 0.2) is 0 Å². The Morgan fingerprint density at radius 3 is 2.31 bits per heavy atom. The van der Waals surface area contributed by atoms with Crippen LogP contribution in [0, 0.1) is 0 Å². The molecule has 0 N–H and O–H groups in total. The standard InChI is InChI=1S/C10H17NO.ClH/c1-11-8-2-5-10(11)6-3-9(12)4-7-10;/h2-8H2,1H3;1H. The molecule has 0 aromatic rings. The smallest absolute Gasteiger partial charge is 0.133 e. The summed E-state index contributed by atoms with van der Waals surface area (Å²) < 4.78 is 0. The molecule has 76 valence electrons. The lowest BCUT2D eigenvalue weighted by Crippen LogP contribution is -2.44. The summed E-state index contributed by atoms with van der Waals surface area (Å²) in [6.07, 6.45) is 6.51. The van der Waals surface area contributed by atoms with Crippen molar-refractivity contribution in [1.82, 2.24) is 4.90 Å². The molecule has 1 aliphatic heterocycles. The van der Waals surface area contributed by atoms with E-state index in [1.807, 2.05) is 0 Å². The van der Waals surface area contributed by atoms with Crippen molar-refractivity contribution in [3.05, 3.63) is 0 Å². The summed E-state index contributed by atoms with van der Waals surface area (Å²) in [4.78, 5) is 13.6. The van der Waals surface area contributed by atoms with Gasteiger partial charge >= 0.3 is 0 Å². The van der Waals surface area contributed by atoms with Gasteiger partial charge in [0, 0.05) is 18.4 Å². The third kappa shape index (κ3) is 1.89. The van der Waals surface area contributed by atoms with Gasteiger partial charge in [-0.25, -0.2) is 0 Å². The van der Waals surface area contributed by atoms with Gasteiger partial charge in [-0.1, -0.05) is 0 Å². The van der Waals surface area contributed by atoms with Crippen molar-refractivity contribution in [2.45, 2.75) is 44.1 Å². The molecule has 2 fully saturated rings. The van der Waals surface area contributed by atoms with Crippen LogP contribution in [0.2, 0.25) is 0 Å². The van der Waals surface area contributed by atoms with E-state index < -0.39 is 0 Å². The molecule has 1 spiro atoms. The fraction of sp³-hybridized carbons (Fsp3) is 0.900. The molecule has 1 saturated heterocycles. The number of rotatable bonds is 0. The molecule has 1 saturated carbocycles. The van der Waals surface area contributed by atoms with E-state index in [9.17, 15) is 4.79 Å². The van der Waals surface area contributed by atoms with Gasteiger partial charge in [0.25, 0.3) is 0 Å². The van der Waals surface area contributed by atoms with Crippen LogP contribution in [0.1, 0.15) is 38.5 Å². The molecule has 2 aliphatic rings. The first kappa shape index (κ1) is 11.0. The zero-order valence-electron chi connectivity index (χ0n) is 8.21. The van der Waals surface area contributed by atoms with Crippen LogP contribution < -0.4 is 0 Å². The molecule has 2 nitrogen and oxygen atoms in total. The Labute approximate surface area is 86.1 Å². The average Bonchev–Trinajstić information content (AvgIpc) is 2.41. The summed E-state index contributed by atoms with van der Waals surface area (Å²) in [5.41, 5.74) is 0.425. The maximum Gasteiger partial charge on any atom is 0.133 e. The van der Waals surface area contributed by atoms with Crippen molar-refractivity contribution >= 4 is 18.2 Å². The number of carbonyl (C=O) groups excluding carboxylic acids is 1. The fourth-order valence-corrected chi connectivity index (χ4v) is 2.70. The van der Waals surface area contributed by atoms with Gasteiger partial charge in [-0.3, -0.25) is 4.79 Å². The van der Waals surface area contributed by atoms with Gasteiger partial charge in [0.2, 0.25) is 0 Å². The first-order chi connectivity index (χ1) is 5.73. The highest BCUT2D eigenvalue weighted by molar-refractivity contribution is 5.85. The van der Waals surface area contributed by atoms with Crippen molar-refractivity contribution in [1.29, 1.82) is 0 Å². The lowest BCUT2D eigenvalue weighted by molar-refractivity contribution is -0.122. The number of hydrogen-bond acceptors (Lipinski definition) is 2. The number of hydrogen-bond donors (Lipinski definition) is 0. The van der Waals surface area contributed by atoms with Crippen LogP contribution in [0.5, 0.6) is 0 Å². The molecule has 0 radical (unpaired) electrons. The van der Waals surface area contributed by atoms with Crippen LogP contribution in [0.15, 0.2) is 0 Å². The zero-order valence-corrected chi connectivity index (χ0v) is 9.03. The highest BCUT2D eigenvalue weighted by atomic mass is 35.5. The van der Waals surface area contributed by atoms with E-state index in [2.05, 4.69) is 11.9 Å². The van der Waals surface area contributed by atoms with Gasteiger partial charge in [0.05, 0.1) is 0 Å². The van der Waals surface area contributed by atoms with Gasteiger partial charge in [-0.05, 0) is 39.3 Å². The molecule has 0 unspecified atom stereocenters. The second-order valence-electron chi connectivity index (χ2n) is 4.29. The Kier molecular flexibility index (Phi) is 3.36. The lowest BCUT2D eigenvalue weighted by atomic mass is 9.79. The van der Waals surface area contributed by atoms with Crippen molar-refractivity contribution in [3.8, 4) is 0 Å².